The zero-order valence-electron chi connectivity index (χ0n) is 13.4. The third-order valence-electron chi connectivity index (χ3n) is 3.44. The van der Waals surface area contributed by atoms with Gasteiger partial charge in [-0.2, -0.15) is 0 Å². The molecule has 0 saturated carbocycles. The van der Waals surface area contributed by atoms with Crippen molar-refractivity contribution in [1.29, 1.82) is 0 Å². The number of halogens is 1. The molecule has 0 unspecified atom stereocenters. The number of aliphatic imine (C=N–C) groups is 1. The van der Waals surface area contributed by atoms with Crippen LogP contribution in [-0.4, -0.2) is 24.8 Å². The average molecular weight is 317 g/mol. The van der Waals surface area contributed by atoms with Crippen LogP contribution in [0, 0.1) is 13.8 Å². The van der Waals surface area contributed by atoms with Crippen molar-refractivity contribution in [3.05, 3.63) is 52.5 Å². The highest BCUT2D eigenvalue weighted by molar-refractivity contribution is 6.32. The first-order valence-electron chi connectivity index (χ1n) is 7.29. The van der Waals surface area contributed by atoms with Crippen molar-refractivity contribution < 1.29 is 4.74 Å². The molecule has 0 bridgehead atoms. The third kappa shape index (κ3) is 4.01. The van der Waals surface area contributed by atoms with Crippen molar-refractivity contribution in [1.82, 2.24) is 4.90 Å². The van der Waals surface area contributed by atoms with Crippen molar-refractivity contribution in [2.45, 2.75) is 20.8 Å². The van der Waals surface area contributed by atoms with Gasteiger partial charge in [-0.25, -0.2) is 4.99 Å². The Morgan fingerprint density at radius 3 is 2.55 bits per heavy atom. The molecule has 0 aromatic heterocycles. The number of ether oxygens (including phenoxy) is 1. The van der Waals surface area contributed by atoms with Crippen LogP contribution in [0.15, 0.2) is 41.4 Å². The molecule has 2 rings (SSSR count). The van der Waals surface area contributed by atoms with Gasteiger partial charge in [0.05, 0.1) is 17.0 Å². The van der Waals surface area contributed by atoms with Crippen molar-refractivity contribution in [2.24, 2.45) is 4.99 Å². The molecule has 2 aromatic rings. The van der Waals surface area contributed by atoms with E-state index in [0.29, 0.717) is 10.8 Å². The Balaban J connectivity index is 2.27. The van der Waals surface area contributed by atoms with Crippen molar-refractivity contribution in [3.8, 4) is 11.5 Å². The molecule has 0 aliphatic heterocycles. The first-order chi connectivity index (χ1) is 10.5. The van der Waals surface area contributed by atoms with Crippen LogP contribution in [0.4, 0.5) is 5.69 Å². The van der Waals surface area contributed by atoms with Crippen LogP contribution in [0.1, 0.15) is 18.1 Å². The van der Waals surface area contributed by atoms with Crippen molar-refractivity contribution >= 4 is 23.6 Å². The molecule has 3 nitrogen and oxygen atoms in total. The first kappa shape index (κ1) is 16.4. The van der Waals surface area contributed by atoms with E-state index in [1.807, 2.05) is 68.5 Å². The molecule has 0 aliphatic carbocycles. The highest BCUT2D eigenvalue weighted by Gasteiger charge is 2.08. The number of aryl methyl sites for hydroxylation is 2. The summed E-state index contributed by atoms with van der Waals surface area (Å²) in [7, 11) is 2.00. The number of hydrogen-bond donors (Lipinski definition) is 0. The smallest absolute Gasteiger partial charge is 0.146 e. The quantitative estimate of drug-likeness (QED) is 0.548. The Morgan fingerprint density at radius 1 is 1.14 bits per heavy atom. The predicted molar refractivity (Wildman–Crippen MR) is 93.9 cm³/mol. The second-order valence-corrected chi connectivity index (χ2v) is 5.66. The standard InChI is InChI=1S/C18H21ClN2O/c1-5-21(4)12-20-16-10-14(3)18(11-13(16)2)22-17-9-7-6-8-15(17)19/h6-12H,5H2,1-4H3/b20-12+. The van der Waals surface area contributed by atoms with Gasteiger partial charge in [-0.05, 0) is 56.2 Å². The Bertz CT molecular complexity index is 683. The number of para-hydroxylation sites is 1. The summed E-state index contributed by atoms with van der Waals surface area (Å²) in [6, 6.07) is 11.5. The first-order valence-corrected chi connectivity index (χ1v) is 7.67. The van der Waals surface area contributed by atoms with E-state index in [1.165, 1.54) is 0 Å². The fourth-order valence-corrected chi connectivity index (χ4v) is 2.09. The summed E-state index contributed by atoms with van der Waals surface area (Å²) in [6.45, 7) is 7.05. The number of benzene rings is 2. The minimum atomic E-state index is 0.603. The molecule has 4 heteroatoms. The SMILES string of the molecule is CCN(C)/C=N/c1cc(C)c(Oc2ccccc2Cl)cc1C. The van der Waals surface area contributed by atoms with Crippen LogP contribution in [0.3, 0.4) is 0 Å². The highest BCUT2D eigenvalue weighted by Crippen LogP contribution is 2.34. The summed E-state index contributed by atoms with van der Waals surface area (Å²) in [4.78, 5) is 6.55. The van der Waals surface area contributed by atoms with E-state index < -0.39 is 0 Å². The lowest BCUT2D eigenvalue weighted by molar-refractivity contribution is 0.479. The normalized spacial score (nSPS) is 11.0. The molecular weight excluding hydrogens is 296 g/mol. The molecule has 0 N–H and O–H groups in total. The molecule has 0 fully saturated rings. The number of nitrogens with zero attached hydrogens (tertiary/aromatic N) is 2. The van der Waals surface area contributed by atoms with Crippen LogP contribution in [0.25, 0.3) is 0 Å². The predicted octanol–water partition coefficient (Wildman–Crippen LogP) is 5.36. The Hall–Kier alpha value is -2.00. The van der Waals surface area contributed by atoms with Gasteiger partial charge in [-0.15, -0.1) is 0 Å². The third-order valence-corrected chi connectivity index (χ3v) is 3.76. The number of hydrogen-bond acceptors (Lipinski definition) is 2. The fraction of sp³-hybridized carbons (Fsp3) is 0.278. The minimum absolute atomic E-state index is 0.603. The van der Waals surface area contributed by atoms with Crippen molar-refractivity contribution in [3.63, 3.8) is 0 Å². The van der Waals surface area contributed by atoms with E-state index in [0.717, 1.165) is 29.1 Å². The fourth-order valence-electron chi connectivity index (χ4n) is 1.91. The second-order valence-electron chi connectivity index (χ2n) is 5.25. The molecule has 0 aliphatic rings. The maximum absolute atomic E-state index is 6.14. The molecule has 0 radical (unpaired) electrons. The van der Waals surface area contributed by atoms with E-state index in [4.69, 9.17) is 16.3 Å². The van der Waals surface area contributed by atoms with Gasteiger partial charge in [-0.3, -0.25) is 0 Å². The minimum Gasteiger partial charge on any atom is -0.456 e. The average Bonchev–Trinajstić information content (AvgIpc) is 2.51. The van der Waals surface area contributed by atoms with E-state index in [1.54, 1.807) is 0 Å². The van der Waals surface area contributed by atoms with Gasteiger partial charge in [0.2, 0.25) is 0 Å². The van der Waals surface area contributed by atoms with E-state index in [-0.39, 0.29) is 0 Å². The van der Waals surface area contributed by atoms with Crippen LogP contribution < -0.4 is 4.74 Å². The maximum Gasteiger partial charge on any atom is 0.146 e. The molecule has 0 amide bonds. The lowest BCUT2D eigenvalue weighted by Gasteiger charge is -2.13. The molecule has 0 atom stereocenters. The van der Waals surface area contributed by atoms with Gasteiger partial charge in [0.25, 0.3) is 0 Å². The van der Waals surface area contributed by atoms with E-state index in [2.05, 4.69) is 11.9 Å². The maximum atomic E-state index is 6.14. The van der Waals surface area contributed by atoms with Crippen LogP contribution >= 0.6 is 11.6 Å². The summed E-state index contributed by atoms with van der Waals surface area (Å²) >= 11 is 6.14. The molecule has 0 heterocycles. The van der Waals surface area contributed by atoms with Gasteiger partial charge in [0.15, 0.2) is 0 Å². The van der Waals surface area contributed by atoms with E-state index >= 15 is 0 Å². The summed E-state index contributed by atoms with van der Waals surface area (Å²) in [5.41, 5.74) is 3.04. The monoisotopic (exact) mass is 316 g/mol. The Morgan fingerprint density at radius 2 is 1.86 bits per heavy atom. The van der Waals surface area contributed by atoms with Gasteiger partial charge < -0.3 is 9.64 Å². The molecular formula is C18H21ClN2O. The summed E-state index contributed by atoms with van der Waals surface area (Å²) < 4.78 is 5.93. The van der Waals surface area contributed by atoms with Crippen LogP contribution in [-0.2, 0) is 0 Å². The van der Waals surface area contributed by atoms with Crippen molar-refractivity contribution in [2.75, 3.05) is 13.6 Å². The second kappa shape index (κ2) is 7.32. The Kier molecular flexibility index (Phi) is 5.45. The lowest BCUT2D eigenvalue weighted by Crippen LogP contribution is -2.14. The largest absolute Gasteiger partial charge is 0.456 e. The van der Waals surface area contributed by atoms with Gasteiger partial charge in [0.1, 0.15) is 11.5 Å². The van der Waals surface area contributed by atoms with Crippen LogP contribution in [0.5, 0.6) is 11.5 Å². The van der Waals surface area contributed by atoms with E-state index in [9.17, 15) is 0 Å². The molecule has 22 heavy (non-hydrogen) atoms. The Labute approximate surface area is 137 Å². The summed E-state index contributed by atoms with van der Waals surface area (Å²) in [5, 5.41) is 0.603. The highest BCUT2D eigenvalue weighted by atomic mass is 35.5. The topological polar surface area (TPSA) is 24.8 Å². The molecule has 116 valence electrons. The summed E-state index contributed by atoms with van der Waals surface area (Å²) in [5.74, 6) is 1.46. The summed E-state index contributed by atoms with van der Waals surface area (Å²) in [6.07, 6.45) is 1.84. The number of rotatable bonds is 5. The molecule has 0 spiro atoms. The van der Waals surface area contributed by atoms with Crippen LogP contribution in [0.2, 0.25) is 5.02 Å². The zero-order chi connectivity index (χ0) is 16.1. The lowest BCUT2D eigenvalue weighted by atomic mass is 10.1. The van der Waals surface area contributed by atoms with Gasteiger partial charge in [-0.1, -0.05) is 23.7 Å². The van der Waals surface area contributed by atoms with Gasteiger partial charge in [0, 0.05) is 13.6 Å². The molecule has 0 saturated heterocycles. The zero-order valence-corrected chi connectivity index (χ0v) is 14.2. The van der Waals surface area contributed by atoms with Gasteiger partial charge >= 0.3 is 0 Å². The molecule has 2 aromatic carbocycles.